The molecular weight excluding hydrogens is 1300 g/mol. The molecule has 0 amide bonds. The number of rotatable bonds is 0. The fourth-order valence-electron chi connectivity index (χ4n) is 0. The van der Waals surface area contributed by atoms with Crippen molar-refractivity contribution in [1.82, 2.24) is 0 Å². The van der Waals surface area contributed by atoms with Gasteiger partial charge in [0.25, 0.3) is 0 Å². The molecule has 0 radical (unpaired) electrons. The van der Waals surface area contributed by atoms with Crippen LogP contribution in [0.2, 0.25) is 0 Å². The van der Waals surface area contributed by atoms with Gasteiger partial charge >= 0.3 is 125 Å². The van der Waals surface area contributed by atoms with Crippen LogP contribution in [0.15, 0.2) is 0 Å². The quantitative estimate of drug-likeness (QED) is 0.100. The molecule has 0 aromatic rings. The molecular formula is H32As4Fe11O24-4. The van der Waals surface area contributed by atoms with Crippen LogP contribution in [-0.2, 0) is 188 Å². The van der Waals surface area contributed by atoms with E-state index in [9.17, 15) is 0 Å². The van der Waals surface area contributed by atoms with Crippen LogP contribution in [0, 0.1) is 0 Å². The SMILES string of the molecule is O.O.O.O.O.O.O[AsH](O)(O)O.O[AsH](O)(O)O.[Fe].[Fe].[Fe].[Fe].[Fe].[Fe].[Fe].[Fe].[Fe].[Fe].[Fe].[O-][AsH](O)(O)O.[O-][AsH](O)(O)O.[OH-].[OH-]. The van der Waals surface area contributed by atoms with Crippen LogP contribution >= 0.6 is 0 Å². The predicted molar refractivity (Wildman–Crippen MR) is 85.2 cm³/mol. The maximum absolute atomic E-state index is 8.96. The van der Waals surface area contributed by atoms with E-state index in [1.54, 1.807) is 0 Å². The van der Waals surface area contributed by atoms with E-state index < -0.39 is 59.7 Å². The fourth-order valence-corrected chi connectivity index (χ4v) is 0. The van der Waals surface area contributed by atoms with Gasteiger partial charge in [-0.05, 0) is 0 Å². The van der Waals surface area contributed by atoms with Gasteiger partial charge in [0.2, 0.25) is 0 Å². The van der Waals surface area contributed by atoms with Gasteiger partial charge in [-0.15, -0.1) is 0 Å². The normalized spacial score (nSPS) is 7.79. The molecule has 0 rings (SSSR count). The Kier molecular flexibility index (Phi) is 409. The van der Waals surface area contributed by atoms with Gasteiger partial charge in [0.05, 0.1) is 0 Å². The first-order chi connectivity index (χ1) is 8.00. The molecule has 0 saturated carbocycles. The van der Waals surface area contributed by atoms with Crippen molar-refractivity contribution in [3.63, 3.8) is 0 Å². The molecule has 0 aliphatic carbocycles. The van der Waals surface area contributed by atoms with Crippen molar-refractivity contribution >= 4 is 59.7 Å². The van der Waals surface area contributed by atoms with Gasteiger partial charge in [0, 0.05) is 188 Å². The Morgan fingerprint density at radius 1 is 0.256 bits per heavy atom. The van der Waals surface area contributed by atoms with Gasteiger partial charge in [0.1, 0.15) is 0 Å². The summed E-state index contributed by atoms with van der Waals surface area (Å²) in [6.07, 6.45) is 0. The van der Waals surface area contributed by atoms with E-state index in [-0.39, 0.29) is 232 Å². The Labute approximate surface area is 351 Å². The van der Waals surface area contributed by atoms with Crippen LogP contribution in [0.1, 0.15) is 0 Å². The summed E-state index contributed by atoms with van der Waals surface area (Å²) in [5, 5.41) is 0. The molecule has 288 valence electrons. The molecule has 0 atom stereocenters. The molecule has 24 nitrogen and oxygen atoms in total. The van der Waals surface area contributed by atoms with Gasteiger partial charge < -0.3 is 43.8 Å². The zero-order valence-corrected chi connectivity index (χ0v) is 37.4. The average molecular weight is 1330 g/mol. The Hall–Kier alpha value is 6.99. The predicted octanol–water partition coefficient (Wildman–Crippen LogP) is -18.1. The van der Waals surface area contributed by atoms with Crippen molar-refractivity contribution in [2.24, 2.45) is 0 Å². The molecule has 28 N–H and O–H groups in total. The molecule has 0 heterocycles. The van der Waals surface area contributed by atoms with Crippen molar-refractivity contribution in [1.29, 1.82) is 0 Å². The van der Waals surface area contributed by atoms with Gasteiger partial charge in [-0.25, -0.2) is 0 Å². The van der Waals surface area contributed by atoms with Crippen molar-refractivity contribution in [3.05, 3.63) is 0 Å². The van der Waals surface area contributed by atoms with E-state index in [0.29, 0.717) is 0 Å². The molecule has 0 spiro atoms. The van der Waals surface area contributed by atoms with Crippen LogP contribution in [-0.4, -0.2) is 161 Å². The van der Waals surface area contributed by atoms with Crippen LogP contribution in [0.5, 0.6) is 0 Å². The number of hydrogen-bond acceptors (Lipinski definition) is 18. The Balaban J connectivity index is -0.00000000359. The first-order valence-electron chi connectivity index (χ1n) is 3.54. The molecule has 39 heavy (non-hydrogen) atoms. The minimum atomic E-state index is -5.25. The van der Waals surface area contributed by atoms with E-state index in [4.69, 9.17) is 65.5 Å². The summed E-state index contributed by atoms with van der Waals surface area (Å²) in [4.78, 5) is 0. The summed E-state index contributed by atoms with van der Waals surface area (Å²) in [6.45, 7) is 0. The molecule has 0 unspecified atom stereocenters. The van der Waals surface area contributed by atoms with Gasteiger partial charge in [-0.3, -0.25) is 0 Å². The first-order valence-corrected chi connectivity index (χ1v) is 18.4. The Morgan fingerprint density at radius 3 is 0.256 bits per heavy atom. The zero-order valence-electron chi connectivity index (χ0n) is 16.9. The molecule has 0 aromatic carbocycles. The minimum absolute atomic E-state index is 0. The van der Waals surface area contributed by atoms with Gasteiger partial charge in [0.15, 0.2) is 0 Å². The molecule has 39 heteroatoms. The molecule has 0 saturated heterocycles. The van der Waals surface area contributed by atoms with Crippen molar-refractivity contribution in [2.75, 3.05) is 0 Å². The summed E-state index contributed by atoms with van der Waals surface area (Å²) < 4.78 is 120. The second-order valence-electron chi connectivity index (χ2n) is 2.35. The summed E-state index contributed by atoms with van der Waals surface area (Å²) in [5.74, 6) is 0. The first kappa shape index (κ1) is 176. The maximum Gasteiger partial charge on any atom is -0.870 e. The second-order valence-corrected chi connectivity index (χ2v) is 12.2. The van der Waals surface area contributed by atoms with Crippen molar-refractivity contribution in [3.8, 4) is 0 Å². The second kappa shape index (κ2) is 90.7. The van der Waals surface area contributed by atoms with Crippen molar-refractivity contribution < 1.29 is 297 Å². The molecule has 0 aliphatic heterocycles. The fraction of sp³-hybridized carbons (Fsp3) is 0. The van der Waals surface area contributed by atoms with E-state index in [0.717, 1.165) is 0 Å². The Morgan fingerprint density at radius 2 is 0.256 bits per heavy atom. The largest absolute Gasteiger partial charge is 0.870 e. The summed E-state index contributed by atoms with van der Waals surface area (Å²) >= 11 is -20.5. The summed E-state index contributed by atoms with van der Waals surface area (Å²) in [7, 11) is 0. The minimum Gasteiger partial charge on any atom is -0.870 e. The summed E-state index contributed by atoms with van der Waals surface area (Å²) in [6, 6.07) is 0. The van der Waals surface area contributed by atoms with Gasteiger partial charge in [-0.2, -0.15) is 0 Å². The zero-order chi connectivity index (χ0) is 18.0. The van der Waals surface area contributed by atoms with Gasteiger partial charge in [-0.1, -0.05) is 0 Å². The van der Waals surface area contributed by atoms with E-state index in [1.807, 2.05) is 0 Å². The van der Waals surface area contributed by atoms with Crippen LogP contribution in [0.4, 0.5) is 0 Å². The summed E-state index contributed by atoms with van der Waals surface area (Å²) in [5.41, 5.74) is 0. The van der Waals surface area contributed by atoms with Crippen LogP contribution in [0.3, 0.4) is 0 Å². The van der Waals surface area contributed by atoms with E-state index >= 15 is 0 Å². The maximum atomic E-state index is 8.96. The van der Waals surface area contributed by atoms with E-state index in [1.165, 1.54) is 0 Å². The molecule has 0 bridgehead atoms. The molecule has 0 fully saturated rings. The number of hydrogen-bond donors (Lipinski definition) is 14. The average Bonchev–Trinajstić information content (AvgIpc) is 1.62. The third-order valence-corrected chi connectivity index (χ3v) is 0. The molecule has 0 aromatic heterocycles. The monoisotopic (exact) mass is 1330 g/mol. The Bertz CT molecular complexity index is 160. The topological polar surface area (TPSA) is 578 Å². The van der Waals surface area contributed by atoms with Crippen molar-refractivity contribution in [2.45, 2.75) is 0 Å². The molecule has 0 aliphatic rings. The van der Waals surface area contributed by atoms with Crippen LogP contribution in [0.25, 0.3) is 0 Å². The van der Waals surface area contributed by atoms with E-state index in [2.05, 4.69) is 0 Å². The standard InChI is InChI=1S/2AsH5O4.2AsH4O4.11Fe.8H2O/c4*2-1(3,4)5;;;;;;;;;;;;;;;;;;;/h2*1-5H;2*1-4H;;;;;;;;;;;;8*1H2/q;;2*-1;;;;;;;;;;;;;;;;;;;/p-2. The van der Waals surface area contributed by atoms with Crippen LogP contribution < -0.4 is 8.19 Å². The third-order valence-electron chi connectivity index (χ3n) is 0. The third kappa shape index (κ3) is 1700. The smallest absolute Gasteiger partial charge is 0.870 e.